The molecule has 0 spiro atoms. The fourth-order valence-corrected chi connectivity index (χ4v) is 0.707. The van der Waals surface area contributed by atoms with Crippen molar-refractivity contribution < 1.29 is 9.31 Å². The molecule has 1 aromatic carbocycles. The summed E-state index contributed by atoms with van der Waals surface area (Å²) in [5, 5.41) is 10.1. The van der Waals surface area contributed by atoms with Gasteiger partial charge in [0.05, 0.1) is 4.92 Å². The summed E-state index contributed by atoms with van der Waals surface area (Å²) in [6, 6.07) is 4.85. The molecule has 0 saturated carbocycles. The van der Waals surface area contributed by atoms with E-state index in [-0.39, 0.29) is 5.56 Å². The Bertz CT molecular complexity index is 298. The van der Waals surface area contributed by atoms with Crippen molar-refractivity contribution in [1.82, 2.24) is 0 Å². The van der Waals surface area contributed by atoms with Gasteiger partial charge in [0, 0.05) is 6.07 Å². The molecule has 0 unspecified atom stereocenters. The number of benzene rings is 1. The number of hydrogen-bond acceptors (Lipinski definition) is 2. The van der Waals surface area contributed by atoms with Crippen molar-refractivity contribution in [2.24, 2.45) is 0 Å². The molecular weight excluding hydrogens is 149 g/mol. The largest absolute Gasteiger partial charge is 0.305 e. The maximum atomic E-state index is 12.8. The minimum atomic E-state index is -0.784. The maximum absolute atomic E-state index is 12.8. The van der Waals surface area contributed by atoms with E-state index in [0.717, 1.165) is 6.07 Å². The van der Waals surface area contributed by atoms with Gasteiger partial charge in [-0.3, -0.25) is 10.1 Å². The summed E-state index contributed by atoms with van der Waals surface area (Å²) in [4.78, 5) is 9.35. The summed E-state index contributed by atoms with van der Waals surface area (Å²) in [5.74, 6) is -0.784. The van der Waals surface area contributed by atoms with Crippen molar-refractivity contribution in [3.63, 3.8) is 0 Å². The van der Waals surface area contributed by atoms with Crippen LogP contribution in [0.25, 0.3) is 0 Å². The highest BCUT2D eigenvalue weighted by Crippen LogP contribution is 2.18. The predicted molar refractivity (Wildman–Crippen MR) is 36.6 cm³/mol. The molecule has 0 fully saturated rings. The molecule has 0 aromatic heterocycles. The third kappa shape index (κ3) is 1.34. The number of halogens is 1. The molecule has 0 aliphatic heterocycles. The van der Waals surface area contributed by atoms with Gasteiger partial charge in [-0.15, -0.1) is 0 Å². The number of aryl methyl sites for hydroxylation is 1. The van der Waals surface area contributed by atoms with Gasteiger partial charge in [-0.25, -0.2) is 0 Å². The van der Waals surface area contributed by atoms with E-state index in [9.17, 15) is 14.5 Å². The van der Waals surface area contributed by atoms with E-state index < -0.39 is 16.4 Å². The SMILES string of the molecule is Cc1c[c]cc([N+](=O)[O-])c1F. The lowest BCUT2D eigenvalue weighted by molar-refractivity contribution is -0.387. The van der Waals surface area contributed by atoms with Gasteiger partial charge >= 0.3 is 5.69 Å². The molecule has 0 aliphatic carbocycles. The van der Waals surface area contributed by atoms with E-state index in [1.807, 2.05) is 0 Å². The van der Waals surface area contributed by atoms with Crippen LogP contribution in [-0.2, 0) is 0 Å². The Labute approximate surface area is 62.6 Å². The highest BCUT2D eigenvalue weighted by molar-refractivity contribution is 5.35. The quantitative estimate of drug-likeness (QED) is 0.457. The van der Waals surface area contributed by atoms with Crippen LogP contribution < -0.4 is 0 Å². The van der Waals surface area contributed by atoms with Crippen LogP contribution in [0.2, 0.25) is 0 Å². The fraction of sp³-hybridized carbons (Fsp3) is 0.143. The van der Waals surface area contributed by atoms with Crippen LogP contribution in [-0.4, -0.2) is 4.92 Å². The zero-order valence-corrected chi connectivity index (χ0v) is 5.80. The van der Waals surface area contributed by atoms with Gasteiger partial charge in [0.25, 0.3) is 0 Å². The highest BCUT2D eigenvalue weighted by Gasteiger charge is 2.14. The molecule has 11 heavy (non-hydrogen) atoms. The molecule has 1 aromatic rings. The van der Waals surface area contributed by atoms with Gasteiger partial charge in [-0.05, 0) is 24.6 Å². The molecule has 0 N–H and O–H groups in total. The van der Waals surface area contributed by atoms with Crippen LogP contribution in [0, 0.1) is 28.9 Å². The summed E-state index contributed by atoms with van der Waals surface area (Å²) in [5.41, 5.74) is -0.288. The van der Waals surface area contributed by atoms with E-state index in [1.54, 1.807) is 0 Å². The van der Waals surface area contributed by atoms with Crippen molar-refractivity contribution >= 4 is 5.69 Å². The molecule has 57 valence electrons. The number of hydrogen-bond donors (Lipinski definition) is 0. The van der Waals surface area contributed by atoms with Crippen molar-refractivity contribution in [3.05, 3.63) is 39.7 Å². The van der Waals surface area contributed by atoms with Crippen LogP contribution in [0.1, 0.15) is 5.56 Å². The average Bonchev–Trinajstić information content (AvgIpc) is 1.94. The van der Waals surface area contributed by atoms with E-state index in [1.165, 1.54) is 13.0 Å². The molecule has 0 aliphatic rings. The normalized spacial score (nSPS) is 9.64. The lowest BCUT2D eigenvalue weighted by atomic mass is 10.2. The Hall–Kier alpha value is -1.45. The molecule has 0 heterocycles. The maximum Gasteiger partial charge on any atom is 0.305 e. The van der Waals surface area contributed by atoms with Crippen LogP contribution in [0.5, 0.6) is 0 Å². The number of nitrogens with zero attached hydrogens (tertiary/aromatic N) is 1. The number of rotatable bonds is 1. The zero-order chi connectivity index (χ0) is 8.43. The van der Waals surface area contributed by atoms with Gasteiger partial charge in [0.2, 0.25) is 5.82 Å². The first kappa shape index (κ1) is 7.65. The van der Waals surface area contributed by atoms with Gasteiger partial charge in [-0.1, -0.05) is 0 Å². The second-order valence-corrected chi connectivity index (χ2v) is 2.09. The molecule has 1 rings (SSSR count). The molecule has 0 bridgehead atoms. The monoisotopic (exact) mass is 154 g/mol. The second-order valence-electron chi connectivity index (χ2n) is 2.09. The summed E-state index contributed by atoms with van der Waals surface area (Å²) < 4.78 is 12.8. The molecule has 1 radical (unpaired) electrons. The third-order valence-corrected chi connectivity index (χ3v) is 1.29. The predicted octanol–water partition coefficient (Wildman–Crippen LogP) is 1.84. The summed E-state index contributed by atoms with van der Waals surface area (Å²) in [6.07, 6.45) is 0. The lowest BCUT2D eigenvalue weighted by Gasteiger charge is -1.94. The number of nitro groups is 1. The first-order valence-electron chi connectivity index (χ1n) is 2.93. The van der Waals surface area contributed by atoms with Gasteiger partial charge in [0.15, 0.2) is 0 Å². The van der Waals surface area contributed by atoms with E-state index in [2.05, 4.69) is 6.07 Å². The molecule has 4 heteroatoms. The fourth-order valence-electron chi connectivity index (χ4n) is 0.707. The van der Waals surface area contributed by atoms with Crippen molar-refractivity contribution in [2.75, 3.05) is 0 Å². The Balaban J connectivity index is 3.27. The van der Waals surface area contributed by atoms with Crippen LogP contribution in [0.4, 0.5) is 10.1 Å². The van der Waals surface area contributed by atoms with Crippen LogP contribution >= 0.6 is 0 Å². The Morgan fingerprint density at radius 3 is 2.73 bits per heavy atom. The Morgan fingerprint density at radius 1 is 1.64 bits per heavy atom. The van der Waals surface area contributed by atoms with Crippen molar-refractivity contribution in [3.8, 4) is 0 Å². The molecule has 0 saturated heterocycles. The summed E-state index contributed by atoms with van der Waals surface area (Å²) in [7, 11) is 0. The van der Waals surface area contributed by atoms with Crippen LogP contribution in [0.15, 0.2) is 12.1 Å². The van der Waals surface area contributed by atoms with Crippen molar-refractivity contribution in [1.29, 1.82) is 0 Å². The zero-order valence-electron chi connectivity index (χ0n) is 5.80. The highest BCUT2D eigenvalue weighted by atomic mass is 19.1. The van der Waals surface area contributed by atoms with Gasteiger partial charge < -0.3 is 0 Å². The first-order valence-corrected chi connectivity index (χ1v) is 2.93. The van der Waals surface area contributed by atoms with Crippen LogP contribution in [0.3, 0.4) is 0 Å². The average molecular weight is 154 g/mol. The van der Waals surface area contributed by atoms with Crippen molar-refractivity contribution in [2.45, 2.75) is 6.92 Å². The van der Waals surface area contributed by atoms with Gasteiger partial charge in [0.1, 0.15) is 0 Å². The molecule has 0 atom stereocenters. The number of nitro benzene ring substituents is 1. The van der Waals surface area contributed by atoms with E-state index in [4.69, 9.17) is 0 Å². The minimum absolute atomic E-state index is 0.235. The first-order chi connectivity index (χ1) is 5.13. The minimum Gasteiger partial charge on any atom is -0.258 e. The van der Waals surface area contributed by atoms with E-state index in [0.29, 0.717) is 0 Å². The second kappa shape index (κ2) is 2.65. The van der Waals surface area contributed by atoms with Gasteiger partial charge in [-0.2, -0.15) is 4.39 Å². The molecule has 3 nitrogen and oxygen atoms in total. The topological polar surface area (TPSA) is 43.1 Å². The standard InChI is InChI=1S/C7H5FNO2/c1-5-3-2-4-6(7(5)8)9(10)11/h3-4H,1H3. The summed E-state index contributed by atoms with van der Waals surface area (Å²) >= 11 is 0. The molecule has 0 amide bonds. The summed E-state index contributed by atoms with van der Waals surface area (Å²) in [6.45, 7) is 1.46. The third-order valence-electron chi connectivity index (χ3n) is 1.29. The smallest absolute Gasteiger partial charge is 0.258 e. The lowest BCUT2D eigenvalue weighted by Crippen LogP contribution is -1.93. The Morgan fingerprint density at radius 2 is 2.27 bits per heavy atom. The van der Waals surface area contributed by atoms with E-state index >= 15 is 0 Å². The molecular formula is C7H5FNO2. The Kier molecular flexibility index (Phi) is 1.85.